The number of hydrogen-bond donors (Lipinski definition) is 1. The summed E-state index contributed by atoms with van der Waals surface area (Å²) >= 11 is 3.56. The number of ether oxygens (including phenoxy) is 1. The molecule has 1 aromatic rings. The van der Waals surface area contributed by atoms with Gasteiger partial charge >= 0.3 is 0 Å². The third kappa shape index (κ3) is 3.18. The number of halogens is 1. The van der Waals surface area contributed by atoms with Crippen LogP contribution in [0.1, 0.15) is 19.8 Å². The maximum atomic E-state index is 5.28. The van der Waals surface area contributed by atoms with Crippen LogP contribution in [0.4, 0.5) is 5.69 Å². The normalized spacial score (nSPS) is 20.6. The molecule has 1 N–H and O–H groups in total. The highest BCUT2D eigenvalue weighted by molar-refractivity contribution is 9.10. The fourth-order valence-corrected chi connectivity index (χ4v) is 2.89. The van der Waals surface area contributed by atoms with Gasteiger partial charge in [-0.2, -0.15) is 0 Å². The van der Waals surface area contributed by atoms with Crippen LogP contribution in [-0.2, 0) is 0 Å². The number of methoxy groups -OCH3 is 1. The van der Waals surface area contributed by atoms with Crippen molar-refractivity contribution in [1.29, 1.82) is 0 Å². The first-order chi connectivity index (χ1) is 8.74. The van der Waals surface area contributed by atoms with Crippen LogP contribution in [0.15, 0.2) is 22.7 Å². The molecule has 0 bridgehead atoms. The van der Waals surface area contributed by atoms with E-state index in [1.807, 2.05) is 6.07 Å². The number of benzene rings is 1. The minimum Gasteiger partial charge on any atom is -0.496 e. The van der Waals surface area contributed by atoms with Crippen molar-refractivity contribution in [3.63, 3.8) is 0 Å². The molecule has 1 atom stereocenters. The molecular formula is C14H21BrN2O. The van der Waals surface area contributed by atoms with Crippen LogP contribution in [-0.4, -0.2) is 32.8 Å². The summed E-state index contributed by atoms with van der Waals surface area (Å²) < 4.78 is 6.30. The van der Waals surface area contributed by atoms with Gasteiger partial charge in [0.25, 0.3) is 0 Å². The lowest BCUT2D eigenvalue weighted by molar-refractivity contribution is 0.412. The standard InChI is InChI=1S/C14H21BrN2O/c1-3-11-10-17(8-4-7-16-11)12-5-6-14(18-2)13(15)9-12/h5-6,9,11,16H,3-4,7-8,10H2,1-2H3. The Kier molecular flexibility index (Phi) is 4.89. The Bertz CT molecular complexity index is 397. The van der Waals surface area contributed by atoms with E-state index in [0.717, 1.165) is 29.9 Å². The Balaban J connectivity index is 2.16. The second-order valence-corrected chi connectivity index (χ2v) is 5.53. The number of nitrogens with zero attached hydrogens (tertiary/aromatic N) is 1. The van der Waals surface area contributed by atoms with Crippen LogP contribution < -0.4 is 15.0 Å². The lowest BCUT2D eigenvalue weighted by atomic mass is 10.2. The number of nitrogens with one attached hydrogen (secondary N) is 1. The first kappa shape index (κ1) is 13.7. The summed E-state index contributed by atoms with van der Waals surface area (Å²) in [6.07, 6.45) is 2.37. The Morgan fingerprint density at radius 1 is 1.50 bits per heavy atom. The molecule has 4 heteroatoms. The van der Waals surface area contributed by atoms with E-state index in [-0.39, 0.29) is 0 Å². The fraction of sp³-hybridized carbons (Fsp3) is 0.571. The lowest BCUT2D eigenvalue weighted by Gasteiger charge is -2.26. The van der Waals surface area contributed by atoms with Gasteiger partial charge in [-0.3, -0.25) is 0 Å². The molecule has 0 radical (unpaired) electrons. The second-order valence-electron chi connectivity index (χ2n) is 4.68. The van der Waals surface area contributed by atoms with Gasteiger partial charge in [-0.15, -0.1) is 0 Å². The van der Waals surface area contributed by atoms with Crippen molar-refractivity contribution >= 4 is 21.6 Å². The summed E-state index contributed by atoms with van der Waals surface area (Å²) in [5.41, 5.74) is 1.27. The van der Waals surface area contributed by atoms with E-state index in [1.165, 1.54) is 18.5 Å². The zero-order valence-corrected chi connectivity index (χ0v) is 12.7. The molecule has 1 aliphatic heterocycles. The summed E-state index contributed by atoms with van der Waals surface area (Å²) in [6, 6.07) is 6.91. The Labute approximate surface area is 118 Å². The molecule has 1 aliphatic rings. The van der Waals surface area contributed by atoms with Gasteiger partial charge in [-0.25, -0.2) is 0 Å². The second kappa shape index (κ2) is 6.43. The Hall–Kier alpha value is -0.740. The van der Waals surface area contributed by atoms with Gasteiger partial charge in [0.1, 0.15) is 5.75 Å². The molecule has 2 rings (SSSR count). The molecule has 1 fully saturated rings. The average Bonchev–Trinajstić information content (AvgIpc) is 2.64. The highest BCUT2D eigenvalue weighted by Gasteiger charge is 2.17. The van der Waals surface area contributed by atoms with Crippen LogP contribution >= 0.6 is 15.9 Å². The summed E-state index contributed by atoms with van der Waals surface area (Å²) in [5, 5.41) is 3.59. The molecule has 0 aliphatic carbocycles. The topological polar surface area (TPSA) is 24.5 Å². The monoisotopic (exact) mass is 312 g/mol. The Morgan fingerprint density at radius 3 is 3.00 bits per heavy atom. The zero-order valence-electron chi connectivity index (χ0n) is 11.1. The highest BCUT2D eigenvalue weighted by atomic mass is 79.9. The van der Waals surface area contributed by atoms with E-state index < -0.39 is 0 Å². The number of rotatable bonds is 3. The van der Waals surface area contributed by atoms with Gasteiger partial charge in [0.15, 0.2) is 0 Å². The molecule has 1 heterocycles. The molecule has 1 saturated heterocycles. The van der Waals surface area contributed by atoms with Gasteiger partial charge < -0.3 is 15.0 Å². The number of anilines is 1. The first-order valence-electron chi connectivity index (χ1n) is 6.56. The van der Waals surface area contributed by atoms with Crippen molar-refractivity contribution in [3.05, 3.63) is 22.7 Å². The molecule has 0 spiro atoms. The zero-order chi connectivity index (χ0) is 13.0. The van der Waals surface area contributed by atoms with Crippen molar-refractivity contribution < 1.29 is 4.74 Å². The lowest BCUT2D eigenvalue weighted by Crippen LogP contribution is -2.37. The van der Waals surface area contributed by atoms with Crippen LogP contribution in [0, 0.1) is 0 Å². The average molecular weight is 313 g/mol. The van der Waals surface area contributed by atoms with Crippen LogP contribution in [0.3, 0.4) is 0 Å². The van der Waals surface area contributed by atoms with Gasteiger partial charge in [0.2, 0.25) is 0 Å². The SMILES string of the molecule is CCC1CN(c2ccc(OC)c(Br)c2)CCCN1. The van der Waals surface area contributed by atoms with E-state index in [1.54, 1.807) is 7.11 Å². The smallest absolute Gasteiger partial charge is 0.133 e. The van der Waals surface area contributed by atoms with Gasteiger partial charge in [-0.1, -0.05) is 6.92 Å². The van der Waals surface area contributed by atoms with E-state index in [2.05, 4.69) is 45.2 Å². The fourth-order valence-electron chi connectivity index (χ4n) is 2.36. The summed E-state index contributed by atoms with van der Waals surface area (Å²) in [4.78, 5) is 2.46. The molecule has 0 aromatic heterocycles. The maximum Gasteiger partial charge on any atom is 0.133 e. The van der Waals surface area contributed by atoms with Gasteiger partial charge in [-0.05, 0) is 53.5 Å². The molecule has 1 aromatic carbocycles. The summed E-state index contributed by atoms with van der Waals surface area (Å²) in [6.45, 7) is 5.55. The van der Waals surface area contributed by atoms with Crippen molar-refractivity contribution in [3.8, 4) is 5.75 Å². The highest BCUT2D eigenvalue weighted by Crippen LogP contribution is 2.30. The summed E-state index contributed by atoms with van der Waals surface area (Å²) in [7, 11) is 1.70. The third-order valence-electron chi connectivity index (χ3n) is 3.47. The third-order valence-corrected chi connectivity index (χ3v) is 4.09. The van der Waals surface area contributed by atoms with Crippen molar-refractivity contribution in [2.75, 3.05) is 31.6 Å². The molecule has 18 heavy (non-hydrogen) atoms. The molecule has 3 nitrogen and oxygen atoms in total. The van der Waals surface area contributed by atoms with Gasteiger partial charge in [0, 0.05) is 24.8 Å². The molecule has 0 saturated carbocycles. The molecule has 0 amide bonds. The van der Waals surface area contributed by atoms with Gasteiger partial charge in [0.05, 0.1) is 11.6 Å². The quantitative estimate of drug-likeness (QED) is 0.928. The predicted octanol–water partition coefficient (Wildman–Crippen LogP) is 3.04. The Morgan fingerprint density at radius 2 is 2.33 bits per heavy atom. The number of hydrogen-bond acceptors (Lipinski definition) is 3. The minimum atomic E-state index is 0.591. The largest absolute Gasteiger partial charge is 0.496 e. The van der Waals surface area contributed by atoms with E-state index in [4.69, 9.17) is 4.74 Å². The molecular weight excluding hydrogens is 292 g/mol. The van der Waals surface area contributed by atoms with Crippen LogP contribution in [0.2, 0.25) is 0 Å². The maximum absolute atomic E-state index is 5.28. The van der Waals surface area contributed by atoms with E-state index >= 15 is 0 Å². The van der Waals surface area contributed by atoms with E-state index in [9.17, 15) is 0 Å². The minimum absolute atomic E-state index is 0.591. The molecule has 100 valence electrons. The summed E-state index contributed by atoms with van der Waals surface area (Å²) in [5.74, 6) is 0.888. The van der Waals surface area contributed by atoms with Crippen LogP contribution in [0.5, 0.6) is 5.75 Å². The van der Waals surface area contributed by atoms with Crippen molar-refractivity contribution in [2.24, 2.45) is 0 Å². The van der Waals surface area contributed by atoms with Crippen molar-refractivity contribution in [2.45, 2.75) is 25.8 Å². The predicted molar refractivity (Wildman–Crippen MR) is 79.6 cm³/mol. The van der Waals surface area contributed by atoms with E-state index in [0.29, 0.717) is 6.04 Å². The first-order valence-corrected chi connectivity index (χ1v) is 7.35. The molecule has 1 unspecified atom stereocenters. The van der Waals surface area contributed by atoms with Crippen molar-refractivity contribution in [1.82, 2.24) is 5.32 Å². The van der Waals surface area contributed by atoms with Crippen LogP contribution in [0.25, 0.3) is 0 Å².